The molecule has 2 aromatic rings. The molecule has 0 aliphatic carbocycles. The van der Waals surface area contributed by atoms with Crippen LogP contribution in [0.1, 0.15) is 12.7 Å². The Morgan fingerprint density at radius 2 is 2.11 bits per heavy atom. The van der Waals surface area contributed by atoms with Gasteiger partial charge in [0.1, 0.15) is 6.33 Å². The summed E-state index contributed by atoms with van der Waals surface area (Å²) in [5, 5.41) is 10.5. The minimum absolute atomic E-state index is 0. The van der Waals surface area contributed by atoms with E-state index in [-0.39, 0.29) is 18.3 Å². The van der Waals surface area contributed by atoms with E-state index in [1.807, 2.05) is 34.9 Å². The monoisotopic (exact) mass is 281 g/mol. The number of aromatic nitrogens is 3. The fourth-order valence-electron chi connectivity index (χ4n) is 1.51. The molecule has 1 atom stereocenters. The minimum Gasteiger partial charge on any atom is -0.347 e. The molecule has 0 fully saturated rings. The zero-order valence-corrected chi connectivity index (χ0v) is 11.3. The predicted octanol–water partition coefficient (Wildman–Crippen LogP) is 0.653. The van der Waals surface area contributed by atoms with Gasteiger partial charge in [-0.3, -0.25) is 9.36 Å². The van der Waals surface area contributed by atoms with Crippen LogP contribution in [0.25, 0.3) is 5.69 Å². The molecular formula is C12H16ClN5O. The van der Waals surface area contributed by atoms with E-state index in [0.717, 1.165) is 5.69 Å². The Morgan fingerprint density at radius 1 is 1.42 bits per heavy atom. The van der Waals surface area contributed by atoms with E-state index >= 15 is 0 Å². The molecule has 1 amide bonds. The molecule has 2 rings (SSSR count). The van der Waals surface area contributed by atoms with Gasteiger partial charge in [0, 0.05) is 5.69 Å². The molecule has 0 radical (unpaired) electrons. The smallest absolute Gasteiger partial charge is 0.237 e. The number of amides is 1. The summed E-state index contributed by atoms with van der Waals surface area (Å²) in [7, 11) is 0. The van der Waals surface area contributed by atoms with Gasteiger partial charge >= 0.3 is 0 Å². The standard InChI is InChI=1S/C12H15N5O.ClH/c1-9(13)12(18)14-7-11-16-15-8-17(11)10-5-3-2-4-6-10;/h2-6,8-9H,7,13H2,1H3,(H,14,18);1H/t9-;/m1./s1. The van der Waals surface area contributed by atoms with E-state index in [9.17, 15) is 4.79 Å². The molecule has 1 heterocycles. The van der Waals surface area contributed by atoms with Crippen molar-refractivity contribution in [3.63, 3.8) is 0 Å². The van der Waals surface area contributed by atoms with Crippen LogP contribution in [-0.4, -0.2) is 26.7 Å². The predicted molar refractivity (Wildman–Crippen MR) is 74.1 cm³/mol. The summed E-state index contributed by atoms with van der Waals surface area (Å²) >= 11 is 0. The first-order valence-electron chi connectivity index (χ1n) is 5.66. The molecular weight excluding hydrogens is 266 g/mol. The molecule has 7 heteroatoms. The Kier molecular flexibility index (Phi) is 5.47. The molecule has 0 saturated heterocycles. The Hall–Kier alpha value is -1.92. The highest BCUT2D eigenvalue weighted by atomic mass is 35.5. The fraction of sp³-hybridized carbons (Fsp3) is 0.250. The van der Waals surface area contributed by atoms with Crippen LogP contribution < -0.4 is 11.1 Å². The average Bonchev–Trinajstić information content (AvgIpc) is 2.85. The largest absolute Gasteiger partial charge is 0.347 e. The van der Waals surface area contributed by atoms with Gasteiger partial charge in [0.25, 0.3) is 0 Å². The van der Waals surface area contributed by atoms with Gasteiger partial charge in [0.2, 0.25) is 5.91 Å². The second kappa shape index (κ2) is 6.86. The van der Waals surface area contributed by atoms with Gasteiger partial charge in [0.15, 0.2) is 5.82 Å². The molecule has 0 aliphatic heterocycles. The third kappa shape index (κ3) is 3.77. The van der Waals surface area contributed by atoms with E-state index in [4.69, 9.17) is 5.73 Å². The van der Waals surface area contributed by atoms with Crippen molar-refractivity contribution in [2.75, 3.05) is 0 Å². The number of para-hydroxylation sites is 1. The van der Waals surface area contributed by atoms with Crippen LogP contribution in [0.15, 0.2) is 36.7 Å². The molecule has 0 unspecified atom stereocenters. The molecule has 0 bridgehead atoms. The molecule has 1 aromatic heterocycles. The highest BCUT2D eigenvalue weighted by Crippen LogP contribution is 2.08. The van der Waals surface area contributed by atoms with Crippen molar-refractivity contribution in [2.24, 2.45) is 5.73 Å². The lowest BCUT2D eigenvalue weighted by atomic mass is 10.3. The maximum absolute atomic E-state index is 11.4. The van der Waals surface area contributed by atoms with E-state index in [1.165, 1.54) is 0 Å². The number of nitrogens with zero attached hydrogens (tertiary/aromatic N) is 3. The van der Waals surface area contributed by atoms with Crippen LogP contribution in [0.4, 0.5) is 0 Å². The molecule has 1 aromatic carbocycles. The normalized spacial score (nSPS) is 11.5. The Balaban J connectivity index is 0.00000180. The van der Waals surface area contributed by atoms with Gasteiger partial charge in [0.05, 0.1) is 12.6 Å². The molecule has 3 N–H and O–H groups in total. The average molecular weight is 282 g/mol. The Labute approximate surface area is 117 Å². The summed E-state index contributed by atoms with van der Waals surface area (Å²) in [6, 6.07) is 9.16. The van der Waals surface area contributed by atoms with Gasteiger partial charge in [-0.15, -0.1) is 22.6 Å². The lowest BCUT2D eigenvalue weighted by Gasteiger charge is -2.09. The zero-order valence-electron chi connectivity index (χ0n) is 10.5. The molecule has 0 aliphatic rings. The number of rotatable bonds is 4. The van der Waals surface area contributed by atoms with E-state index < -0.39 is 6.04 Å². The number of carbonyl (C=O) groups excluding carboxylic acids is 1. The SMILES string of the molecule is C[C@@H](N)C(=O)NCc1nncn1-c1ccccc1.Cl. The van der Waals surface area contributed by atoms with Crippen LogP contribution in [0.3, 0.4) is 0 Å². The summed E-state index contributed by atoms with van der Waals surface area (Å²) in [5.41, 5.74) is 6.42. The van der Waals surface area contributed by atoms with Gasteiger partial charge in [-0.05, 0) is 19.1 Å². The number of benzene rings is 1. The molecule has 19 heavy (non-hydrogen) atoms. The van der Waals surface area contributed by atoms with Gasteiger partial charge in [-0.1, -0.05) is 18.2 Å². The van der Waals surface area contributed by atoms with Crippen molar-refractivity contribution < 1.29 is 4.79 Å². The van der Waals surface area contributed by atoms with Crippen molar-refractivity contribution in [1.82, 2.24) is 20.1 Å². The van der Waals surface area contributed by atoms with Crippen LogP contribution in [-0.2, 0) is 11.3 Å². The second-order valence-corrected chi connectivity index (χ2v) is 3.96. The van der Waals surface area contributed by atoms with Crippen molar-refractivity contribution in [2.45, 2.75) is 19.5 Å². The number of hydrogen-bond acceptors (Lipinski definition) is 4. The van der Waals surface area contributed by atoms with E-state index in [0.29, 0.717) is 12.4 Å². The molecule has 6 nitrogen and oxygen atoms in total. The van der Waals surface area contributed by atoms with Crippen molar-refractivity contribution in [1.29, 1.82) is 0 Å². The first-order valence-corrected chi connectivity index (χ1v) is 5.66. The summed E-state index contributed by atoms with van der Waals surface area (Å²) in [4.78, 5) is 11.4. The molecule has 102 valence electrons. The van der Waals surface area contributed by atoms with Gasteiger partial charge < -0.3 is 11.1 Å². The third-order valence-electron chi connectivity index (χ3n) is 2.49. The first kappa shape index (κ1) is 15.1. The zero-order chi connectivity index (χ0) is 13.0. The van der Waals surface area contributed by atoms with Crippen LogP contribution in [0.5, 0.6) is 0 Å². The maximum atomic E-state index is 11.4. The van der Waals surface area contributed by atoms with Gasteiger partial charge in [-0.25, -0.2) is 0 Å². The number of carbonyl (C=O) groups is 1. The van der Waals surface area contributed by atoms with Crippen molar-refractivity contribution in [3.8, 4) is 5.69 Å². The Bertz CT molecular complexity index is 526. The van der Waals surface area contributed by atoms with Crippen LogP contribution in [0, 0.1) is 0 Å². The lowest BCUT2D eigenvalue weighted by molar-refractivity contribution is -0.122. The summed E-state index contributed by atoms with van der Waals surface area (Å²) < 4.78 is 1.82. The third-order valence-corrected chi connectivity index (χ3v) is 2.49. The molecule has 0 spiro atoms. The fourth-order valence-corrected chi connectivity index (χ4v) is 1.51. The van der Waals surface area contributed by atoms with E-state index in [2.05, 4.69) is 15.5 Å². The number of nitrogens with one attached hydrogen (secondary N) is 1. The topological polar surface area (TPSA) is 85.8 Å². The number of nitrogens with two attached hydrogens (primary N) is 1. The first-order chi connectivity index (χ1) is 8.68. The number of hydrogen-bond donors (Lipinski definition) is 2. The lowest BCUT2D eigenvalue weighted by Crippen LogP contribution is -2.38. The summed E-state index contributed by atoms with van der Waals surface area (Å²) in [6.07, 6.45) is 1.61. The van der Waals surface area contributed by atoms with Crippen molar-refractivity contribution in [3.05, 3.63) is 42.5 Å². The van der Waals surface area contributed by atoms with Crippen LogP contribution in [0.2, 0.25) is 0 Å². The summed E-state index contributed by atoms with van der Waals surface area (Å²) in [6.45, 7) is 1.94. The highest BCUT2D eigenvalue weighted by molar-refractivity contribution is 5.85. The second-order valence-electron chi connectivity index (χ2n) is 3.96. The maximum Gasteiger partial charge on any atom is 0.237 e. The highest BCUT2D eigenvalue weighted by Gasteiger charge is 2.10. The van der Waals surface area contributed by atoms with Crippen LogP contribution >= 0.6 is 12.4 Å². The summed E-state index contributed by atoms with van der Waals surface area (Å²) in [5.74, 6) is 0.452. The Morgan fingerprint density at radius 3 is 2.74 bits per heavy atom. The quantitative estimate of drug-likeness (QED) is 0.862. The van der Waals surface area contributed by atoms with E-state index in [1.54, 1.807) is 13.3 Å². The minimum atomic E-state index is -0.530. The van der Waals surface area contributed by atoms with Gasteiger partial charge in [-0.2, -0.15) is 0 Å². The molecule has 0 saturated carbocycles. The van der Waals surface area contributed by atoms with Crippen molar-refractivity contribution >= 4 is 18.3 Å². The number of halogens is 1.